The van der Waals surface area contributed by atoms with Crippen molar-refractivity contribution in [2.24, 2.45) is 17.8 Å². The number of rotatable bonds is 4. The summed E-state index contributed by atoms with van der Waals surface area (Å²) in [5.74, 6) is 2.73. The van der Waals surface area contributed by atoms with Crippen molar-refractivity contribution in [1.29, 1.82) is 0 Å². The summed E-state index contributed by atoms with van der Waals surface area (Å²) >= 11 is 0. The first-order valence-corrected chi connectivity index (χ1v) is 12.7. The first-order chi connectivity index (χ1) is 15.0. The molecule has 36 heavy (non-hydrogen) atoms. The van der Waals surface area contributed by atoms with Crippen LogP contribution in [0.3, 0.4) is 0 Å². The summed E-state index contributed by atoms with van der Waals surface area (Å²) in [6, 6.07) is 0.741. The molecule has 0 amide bonds. The third-order valence-electron chi connectivity index (χ3n) is 5.44. The molecule has 4 fully saturated rings. The van der Waals surface area contributed by atoms with Crippen molar-refractivity contribution in [2.45, 2.75) is 73.3 Å². The molecule has 0 aromatic carbocycles. The predicted molar refractivity (Wildman–Crippen MR) is 142 cm³/mol. The van der Waals surface area contributed by atoms with Crippen LogP contribution in [0.25, 0.3) is 26.6 Å². The van der Waals surface area contributed by atoms with Gasteiger partial charge in [0.05, 0.1) is 0 Å². The van der Waals surface area contributed by atoms with E-state index in [4.69, 9.17) is 0 Å². The molecule has 2 atom stereocenters. The third kappa shape index (κ3) is 43.7. The van der Waals surface area contributed by atoms with Crippen LogP contribution in [0, 0.1) is 17.8 Å². The fourth-order valence-corrected chi connectivity index (χ4v) is 2.32. The van der Waals surface area contributed by atoms with E-state index < -0.39 is 0 Å². The Morgan fingerprint density at radius 3 is 1.17 bits per heavy atom. The molecule has 0 aromatic rings. The molecule has 11 heteroatoms. The maximum Gasteiger partial charge on any atom is 0 e. The third-order valence-corrected chi connectivity index (χ3v) is 5.44. The molecule has 0 saturated carbocycles. The van der Waals surface area contributed by atoms with Gasteiger partial charge in [-0.05, 0) is 13.6 Å². The summed E-state index contributed by atoms with van der Waals surface area (Å²) in [6.45, 7) is 22.8. The summed E-state index contributed by atoms with van der Waals surface area (Å²) in [5.41, 5.74) is 0. The van der Waals surface area contributed by atoms with Crippen molar-refractivity contribution in [1.82, 2.24) is 5.32 Å². The molecule has 0 spiro atoms. The Hall–Kier alpha value is 5.28. The van der Waals surface area contributed by atoms with Crippen LogP contribution in [0.4, 0.5) is 0 Å². The second-order valence-corrected chi connectivity index (χ2v) is 8.68. The molecule has 0 aliphatic carbocycles. The molecule has 2 unspecified atom stereocenters. The number of nitrogens with zero attached hydrogens (tertiary/aromatic N) is 5. The first-order valence-electron chi connectivity index (χ1n) is 12.7. The summed E-state index contributed by atoms with van der Waals surface area (Å²) in [6.07, 6.45) is 5.24. The Labute approximate surface area is 353 Å². The minimum atomic E-state index is 0. The van der Waals surface area contributed by atoms with Gasteiger partial charge in [-0.15, -0.1) is 45.3 Å². The van der Waals surface area contributed by atoms with Crippen molar-refractivity contribution >= 4 is 0 Å². The summed E-state index contributed by atoms with van der Waals surface area (Å²) in [7, 11) is 3.74. The fraction of sp³-hybridized carbons (Fsp3) is 1.00. The van der Waals surface area contributed by atoms with Gasteiger partial charge >= 0.3 is 0 Å². The molecule has 4 heterocycles. The normalized spacial score (nSPS) is 20.3. The largest absolute Gasteiger partial charge is 0.665 e. The monoisotopic (exact) mass is 884 g/mol. The minimum absolute atomic E-state index is 0. The van der Waals surface area contributed by atoms with E-state index in [1.165, 1.54) is 25.7 Å². The number of hydrogen-bond acceptors (Lipinski definition) is 1. The van der Waals surface area contributed by atoms with Crippen LogP contribution in [0.1, 0.15) is 67.2 Å². The average Bonchev–Trinajstić information content (AvgIpc) is 3.17. The molecule has 4 aliphatic heterocycles. The van der Waals surface area contributed by atoms with Gasteiger partial charge in [-0.1, -0.05) is 85.0 Å². The SMILES string of the molecule is CC1CC[N-]C1.CC1C[N-]C1.CCC1CC[N-]1.CCC1C[N-]C1.CCNC.CC[N-]C.[Y].[Y].[Y].[Y].[Y]. The van der Waals surface area contributed by atoms with E-state index in [0.717, 1.165) is 82.7 Å². The first kappa shape index (κ1) is 57.0. The van der Waals surface area contributed by atoms with Crippen LogP contribution in [0.5, 0.6) is 0 Å². The molecule has 1 N–H and O–H groups in total. The van der Waals surface area contributed by atoms with Crippen LogP contribution in [-0.4, -0.2) is 79.0 Å². The smallest absolute Gasteiger partial charge is 0 e. The van der Waals surface area contributed by atoms with E-state index in [9.17, 15) is 0 Å². The Bertz CT molecular complexity index is 305. The Morgan fingerprint density at radius 1 is 0.694 bits per heavy atom. The Kier molecular flexibility index (Phi) is 74.8. The quantitative estimate of drug-likeness (QED) is 0.341. The van der Waals surface area contributed by atoms with Crippen LogP contribution in [-0.2, 0) is 164 Å². The van der Waals surface area contributed by atoms with Crippen molar-refractivity contribution in [3.05, 3.63) is 26.6 Å². The van der Waals surface area contributed by atoms with Gasteiger partial charge in [-0.3, -0.25) is 0 Å². The summed E-state index contributed by atoms with van der Waals surface area (Å²) < 4.78 is 0. The molecular formula is C25H55N6Y5-5. The van der Waals surface area contributed by atoms with Gasteiger partial charge in [0.2, 0.25) is 0 Å². The van der Waals surface area contributed by atoms with Gasteiger partial charge in [-0.25, -0.2) is 0 Å². The van der Waals surface area contributed by atoms with Gasteiger partial charge in [0, 0.05) is 164 Å². The van der Waals surface area contributed by atoms with Crippen LogP contribution in [0.2, 0.25) is 0 Å². The molecular weight excluding hydrogens is 829 g/mol. The van der Waals surface area contributed by atoms with Gasteiger partial charge < -0.3 is 31.9 Å². The number of nitrogens with one attached hydrogen (secondary N) is 1. The van der Waals surface area contributed by atoms with Crippen molar-refractivity contribution in [2.75, 3.05) is 73.0 Å². The van der Waals surface area contributed by atoms with Gasteiger partial charge in [0.1, 0.15) is 0 Å². The molecule has 4 aliphatic rings. The average molecular weight is 884 g/mol. The maximum atomic E-state index is 4.19. The van der Waals surface area contributed by atoms with Gasteiger partial charge in [0.15, 0.2) is 0 Å². The van der Waals surface area contributed by atoms with E-state index in [2.05, 4.69) is 66.5 Å². The second-order valence-electron chi connectivity index (χ2n) is 8.68. The molecule has 6 nitrogen and oxygen atoms in total. The van der Waals surface area contributed by atoms with Crippen molar-refractivity contribution in [3.63, 3.8) is 0 Å². The molecule has 0 bridgehead atoms. The van der Waals surface area contributed by atoms with E-state index in [1.54, 1.807) is 7.05 Å². The topological polar surface area (TPSA) is 82.5 Å². The maximum absolute atomic E-state index is 4.19. The fourth-order valence-electron chi connectivity index (χ4n) is 2.32. The molecule has 4 saturated heterocycles. The molecule has 5 radical (unpaired) electrons. The Balaban J connectivity index is -0.0000000550. The predicted octanol–water partition coefficient (Wildman–Crippen LogP) is 6.58. The van der Waals surface area contributed by atoms with Crippen LogP contribution < -0.4 is 5.32 Å². The zero-order valence-corrected chi connectivity index (χ0v) is 39.3. The second kappa shape index (κ2) is 47.2. The van der Waals surface area contributed by atoms with Gasteiger partial charge in [-0.2, -0.15) is 20.1 Å². The van der Waals surface area contributed by atoms with Crippen LogP contribution >= 0.6 is 0 Å². The Morgan fingerprint density at radius 2 is 1.14 bits per heavy atom. The van der Waals surface area contributed by atoms with Crippen molar-refractivity contribution < 1.29 is 164 Å². The zero-order valence-electron chi connectivity index (χ0n) is 25.1. The van der Waals surface area contributed by atoms with E-state index >= 15 is 0 Å². The van der Waals surface area contributed by atoms with Crippen LogP contribution in [0.15, 0.2) is 0 Å². The summed E-state index contributed by atoms with van der Waals surface area (Å²) in [5, 5.41) is 23.1. The van der Waals surface area contributed by atoms with E-state index in [-0.39, 0.29) is 164 Å². The summed E-state index contributed by atoms with van der Waals surface area (Å²) in [4.78, 5) is 0. The standard InChI is InChI=1S/3C5H10N.C4H8N.C3H9N.C3H8N.5Y/c1-5-2-3-6-4-5;1-2-5-3-6-4-5;1-2-5-3-4-6-5;1-4-2-5-3-4;2*1-3-4-2;;;;;/h3*5H,2-4H2,1H3;4H,2-3H2,1H3;4H,3H2,1-2H3;3H2,1-2H3;;;;;/q4*-1;;-1;;;;;. The minimum Gasteiger partial charge on any atom is -0.665 e. The van der Waals surface area contributed by atoms with E-state index in [0.29, 0.717) is 0 Å². The molecule has 205 valence electrons. The van der Waals surface area contributed by atoms with E-state index in [1.807, 2.05) is 14.0 Å². The van der Waals surface area contributed by atoms with Crippen molar-refractivity contribution in [3.8, 4) is 0 Å². The molecule has 4 rings (SSSR count). The number of hydrogen-bond donors (Lipinski definition) is 1. The molecule has 0 aromatic heterocycles. The van der Waals surface area contributed by atoms with Gasteiger partial charge in [0.25, 0.3) is 0 Å². The zero-order chi connectivity index (χ0) is 23.7.